The predicted octanol–water partition coefficient (Wildman–Crippen LogP) is 1.22. The first-order chi connectivity index (χ1) is 6.40. The molecule has 0 radical (unpaired) electrons. The smallest absolute Gasteiger partial charge is 0.122 e. The average Bonchev–Trinajstić information content (AvgIpc) is 2.18. The Morgan fingerprint density at radius 2 is 2.31 bits per heavy atom. The second-order valence-corrected chi connectivity index (χ2v) is 3.35. The molecule has 3 heteroatoms. The zero-order valence-corrected chi connectivity index (χ0v) is 7.36. The number of hydroxylamine groups is 1. The first-order valence-electron chi connectivity index (χ1n) is 4.48. The molecule has 2 rings (SSSR count). The third-order valence-electron chi connectivity index (χ3n) is 2.34. The van der Waals surface area contributed by atoms with E-state index in [1.54, 1.807) is 0 Å². The Kier molecular flexibility index (Phi) is 2.47. The number of hydrogen-bond acceptors (Lipinski definition) is 3. The maximum Gasteiger partial charge on any atom is 0.122 e. The van der Waals surface area contributed by atoms with Gasteiger partial charge >= 0.3 is 0 Å². The summed E-state index contributed by atoms with van der Waals surface area (Å²) in [6, 6.07) is 8.04. The summed E-state index contributed by atoms with van der Waals surface area (Å²) in [7, 11) is 0. The number of hydrogen-bond donors (Lipinski definition) is 2. The van der Waals surface area contributed by atoms with Crippen molar-refractivity contribution in [3.05, 3.63) is 29.8 Å². The number of rotatable bonds is 2. The van der Waals surface area contributed by atoms with E-state index in [9.17, 15) is 0 Å². The van der Waals surface area contributed by atoms with Crippen molar-refractivity contribution in [3.63, 3.8) is 0 Å². The highest BCUT2D eigenvalue weighted by molar-refractivity contribution is 5.35. The lowest BCUT2D eigenvalue weighted by atomic mass is 9.97. The number of para-hydroxylation sites is 1. The number of nitrogens with one attached hydrogen (secondary N) is 1. The Labute approximate surface area is 77.3 Å². The highest BCUT2D eigenvalue weighted by Gasteiger charge is 2.18. The number of fused-ring (bicyclic) bond motifs is 1. The molecule has 0 amide bonds. The summed E-state index contributed by atoms with van der Waals surface area (Å²) in [5, 5.41) is 8.56. The van der Waals surface area contributed by atoms with Crippen LogP contribution in [-0.4, -0.2) is 18.4 Å². The second kappa shape index (κ2) is 3.77. The molecule has 0 spiro atoms. The standard InChI is InChI=1S/C10H13NO2/c12-11-6-8-5-9-3-1-2-4-10(9)13-7-8/h1-4,8,11-12H,5-7H2. The van der Waals surface area contributed by atoms with Crippen molar-refractivity contribution in [1.82, 2.24) is 5.48 Å². The molecule has 13 heavy (non-hydrogen) atoms. The van der Waals surface area contributed by atoms with Gasteiger partial charge in [0.1, 0.15) is 5.75 Å². The van der Waals surface area contributed by atoms with E-state index in [0.717, 1.165) is 12.2 Å². The van der Waals surface area contributed by atoms with Crippen LogP contribution in [0.15, 0.2) is 24.3 Å². The molecule has 2 N–H and O–H groups in total. The molecule has 70 valence electrons. The van der Waals surface area contributed by atoms with Gasteiger partial charge in [0.15, 0.2) is 0 Å². The van der Waals surface area contributed by atoms with Crippen LogP contribution in [0.5, 0.6) is 5.75 Å². The first-order valence-corrected chi connectivity index (χ1v) is 4.48. The van der Waals surface area contributed by atoms with E-state index in [0.29, 0.717) is 19.1 Å². The van der Waals surface area contributed by atoms with Crippen LogP contribution >= 0.6 is 0 Å². The van der Waals surface area contributed by atoms with Gasteiger partial charge < -0.3 is 9.94 Å². The fourth-order valence-electron chi connectivity index (χ4n) is 1.65. The molecule has 1 aliphatic heterocycles. The van der Waals surface area contributed by atoms with Crippen LogP contribution in [0.1, 0.15) is 5.56 Å². The minimum absolute atomic E-state index is 0.375. The van der Waals surface area contributed by atoms with Gasteiger partial charge in [-0.3, -0.25) is 0 Å². The van der Waals surface area contributed by atoms with Crippen LogP contribution in [0.25, 0.3) is 0 Å². The molecular weight excluding hydrogens is 166 g/mol. The maximum atomic E-state index is 8.56. The Balaban J connectivity index is 2.11. The normalized spacial score (nSPS) is 20.5. The van der Waals surface area contributed by atoms with Gasteiger partial charge in [-0.1, -0.05) is 18.2 Å². The van der Waals surface area contributed by atoms with Gasteiger partial charge in [-0.15, -0.1) is 0 Å². The molecule has 3 nitrogen and oxygen atoms in total. The van der Waals surface area contributed by atoms with Crippen LogP contribution in [0.4, 0.5) is 0 Å². The van der Waals surface area contributed by atoms with Gasteiger partial charge in [0.2, 0.25) is 0 Å². The fourth-order valence-corrected chi connectivity index (χ4v) is 1.65. The summed E-state index contributed by atoms with van der Waals surface area (Å²) in [4.78, 5) is 0. The van der Waals surface area contributed by atoms with Crippen molar-refractivity contribution < 1.29 is 9.94 Å². The minimum Gasteiger partial charge on any atom is -0.493 e. The Hall–Kier alpha value is -1.06. The highest BCUT2D eigenvalue weighted by atomic mass is 16.5. The molecule has 0 fully saturated rings. The maximum absolute atomic E-state index is 8.56. The summed E-state index contributed by atoms with van der Waals surface area (Å²) >= 11 is 0. The molecule has 1 unspecified atom stereocenters. The van der Waals surface area contributed by atoms with Crippen molar-refractivity contribution in [1.29, 1.82) is 0 Å². The lowest BCUT2D eigenvalue weighted by Crippen LogP contribution is -2.29. The molecule has 0 aliphatic carbocycles. The van der Waals surface area contributed by atoms with Gasteiger partial charge in [0, 0.05) is 12.5 Å². The summed E-state index contributed by atoms with van der Waals surface area (Å²) < 4.78 is 5.54. The van der Waals surface area contributed by atoms with Crippen molar-refractivity contribution in [2.24, 2.45) is 5.92 Å². The zero-order chi connectivity index (χ0) is 9.10. The topological polar surface area (TPSA) is 41.5 Å². The minimum atomic E-state index is 0.375. The van der Waals surface area contributed by atoms with Crippen molar-refractivity contribution in [2.45, 2.75) is 6.42 Å². The van der Waals surface area contributed by atoms with E-state index in [1.165, 1.54) is 5.56 Å². The van der Waals surface area contributed by atoms with Crippen LogP contribution in [0.2, 0.25) is 0 Å². The first kappa shape index (κ1) is 8.53. The van der Waals surface area contributed by atoms with Gasteiger partial charge in [0.25, 0.3) is 0 Å². The van der Waals surface area contributed by atoms with E-state index < -0.39 is 0 Å². The van der Waals surface area contributed by atoms with E-state index >= 15 is 0 Å². The molecule has 0 aromatic heterocycles. The van der Waals surface area contributed by atoms with Crippen LogP contribution in [0, 0.1) is 5.92 Å². The summed E-state index contributed by atoms with van der Waals surface area (Å²) in [6.07, 6.45) is 0.976. The predicted molar refractivity (Wildman–Crippen MR) is 48.9 cm³/mol. The summed E-state index contributed by atoms with van der Waals surface area (Å²) in [6.45, 7) is 1.28. The van der Waals surface area contributed by atoms with Gasteiger partial charge in [-0.2, -0.15) is 0 Å². The number of benzene rings is 1. The SMILES string of the molecule is ONCC1COc2ccccc2C1. The fraction of sp³-hybridized carbons (Fsp3) is 0.400. The third-order valence-corrected chi connectivity index (χ3v) is 2.34. The van der Waals surface area contributed by atoms with E-state index in [2.05, 4.69) is 11.5 Å². The van der Waals surface area contributed by atoms with Crippen molar-refractivity contribution >= 4 is 0 Å². The molecule has 1 aromatic carbocycles. The van der Waals surface area contributed by atoms with Crippen LogP contribution < -0.4 is 10.2 Å². The zero-order valence-electron chi connectivity index (χ0n) is 7.36. The summed E-state index contributed by atoms with van der Waals surface area (Å²) in [5.74, 6) is 1.36. The quantitative estimate of drug-likeness (QED) is 0.671. The van der Waals surface area contributed by atoms with E-state index in [-0.39, 0.29) is 0 Å². The number of ether oxygens (including phenoxy) is 1. The van der Waals surface area contributed by atoms with Gasteiger partial charge in [-0.05, 0) is 18.1 Å². The molecule has 1 aliphatic rings. The lowest BCUT2D eigenvalue weighted by Gasteiger charge is -2.24. The molecule has 1 aromatic rings. The largest absolute Gasteiger partial charge is 0.493 e. The van der Waals surface area contributed by atoms with Gasteiger partial charge in [0.05, 0.1) is 6.61 Å². The molecule has 1 heterocycles. The molecule has 0 saturated carbocycles. The van der Waals surface area contributed by atoms with Crippen molar-refractivity contribution in [2.75, 3.05) is 13.2 Å². The van der Waals surface area contributed by atoms with Crippen LogP contribution in [0.3, 0.4) is 0 Å². The Morgan fingerprint density at radius 3 is 3.15 bits per heavy atom. The van der Waals surface area contributed by atoms with Gasteiger partial charge in [-0.25, -0.2) is 5.48 Å². The van der Waals surface area contributed by atoms with Crippen molar-refractivity contribution in [3.8, 4) is 5.75 Å². The van der Waals surface area contributed by atoms with E-state index in [4.69, 9.17) is 9.94 Å². The second-order valence-electron chi connectivity index (χ2n) is 3.35. The highest BCUT2D eigenvalue weighted by Crippen LogP contribution is 2.26. The summed E-state index contributed by atoms with van der Waals surface area (Å²) in [5.41, 5.74) is 3.42. The molecule has 0 saturated heterocycles. The Bertz CT molecular complexity index is 288. The van der Waals surface area contributed by atoms with Crippen LogP contribution in [-0.2, 0) is 6.42 Å². The Morgan fingerprint density at radius 1 is 1.46 bits per heavy atom. The molecule has 1 atom stereocenters. The third kappa shape index (κ3) is 1.82. The molecule has 0 bridgehead atoms. The van der Waals surface area contributed by atoms with E-state index in [1.807, 2.05) is 18.2 Å². The monoisotopic (exact) mass is 179 g/mol. The molecular formula is C10H13NO2. The lowest BCUT2D eigenvalue weighted by molar-refractivity contribution is 0.123. The average molecular weight is 179 g/mol.